The topological polar surface area (TPSA) is 76.9 Å². The van der Waals surface area contributed by atoms with Gasteiger partial charge in [-0.2, -0.15) is 5.10 Å². The molecule has 1 saturated heterocycles. The lowest BCUT2D eigenvalue weighted by Gasteiger charge is -2.36. The number of ether oxygens (including phenoxy) is 2. The Morgan fingerprint density at radius 1 is 0.971 bits per heavy atom. The molecule has 0 radical (unpaired) electrons. The van der Waals surface area contributed by atoms with Gasteiger partial charge in [0.2, 0.25) is 5.91 Å². The molecule has 3 aromatic rings. The Labute approximate surface area is 197 Å². The first kappa shape index (κ1) is 23.4. The molecule has 1 aromatic heterocycles. The molecular formula is C25H27FN4O4. The van der Waals surface area contributed by atoms with Gasteiger partial charge in [0.15, 0.2) is 5.69 Å². The van der Waals surface area contributed by atoms with E-state index in [1.807, 2.05) is 29.2 Å². The van der Waals surface area contributed by atoms with Gasteiger partial charge in [-0.1, -0.05) is 12.1 Å². The summed E-state index contributed by atoms with van der Waals surface area (Å²) in [5, 5.41) is 4.42. The van der Waals surface area contributed by atoms with E-state index in [2.05, 4.69) is 10.00 Å². The maximum absolute atomic E-state index is 13.5. The number of esters is 1. The molecule has 34 heavy (non-hydrogen) atoms. The predicted octanol–water partition coefficient (Wildman–Crippen LogP) is 3.15. The number of carbonyl (C=O) groups is 2. The Balaban J connectivity index is 1.56. The van der Waals surface area contributed by atoms with Crippen LogP contribution in [0.2, 0.25) is 0 Å². The van der Waals surface area contributed by atoms with Crippen molar-refractivity contribution in [1.82, 2.24) is 14.7 Å². The van der Waals surface area contributed by atoms with E-state index in [4.69, 9.17) is 9.47 Å². The van der Waals surface area contributed by atoms with Crippen molar-refractivity contribution >= 4 is 17.6 Å². The molecule has 0 spiro atoms. The molecule has 2 heterocycles. The average Bonchev–Trinajstić information content (AvgIpc) is 3.31. The maximum atomic E-state index is 13.5. The Hall–Kier alpha value is -3.72. The lowest BCUT2D eigenvalue weighted by molar-refractivity contribution is -0.135. The molecule has 9 heteroatoms. The third kappa shape index (κ3) is 5.09. The molecule has 0 bridgehead atoms. The fraction of sp³-hybridized carbons (Fsp3) is 0.320. The van der Waals surface area contributed by atoms with Gasteiger partial charge in [-0.25, -0.2) is 13.9 Å². The number of aromatic nitrogens is 2. The summed E-state index contributed by atoms with van der Waals surface area (Å²) in [6.45, 7) is 4.83. The Bertz CT molecular complexity index is 1140. The maximum Gasteiger partial charge on any atom is 0.358 e. The summed E-state index contributed by atoms with van der Waals surface area (Å²) in [4.78, 5) is 28.4. The van der Waals surface area contributed by atoms with Crippen LogP contribution in [0.1, 0.15) is 17.4 Å². The quantitative estimate of drug-likeness (QED) is 0.498. The van der Waals surface area contributed by atoms with Crippen molar-refractivity contribution in [3.63, 3.8) is 0 Å². The van der Waals surface area contributed by atoms with Crippen molar-refractivity contribution in [3.8, 4) is 16.9 Å². The summed E-state index contributed by atoms with van der Waals surface area (Å²) in [6.07, 6.45) is 0. The van der Waals surface area contributed by atoms with Crippen LogP contribution in [-0.2, 0) is 14.3 Å². The number of halogens is 1. The van der Waals surface area contributed by atoms with Crippen LogP contribution in [0.4, 0.5) is 10.1 Å². The minimum atomic E-state index is -0.512. The van der Waals surface area contributed by atoms with E-state index in [0.717, 1.165) is 24.3 Å². The third-order valence-electron chi connectivity index (χ3n) is 5.69. The zero-order valence-corrected chi connectivity index (χ0v) is 19.2. The van der Waals surface area contributed by atoms with Crippen LogP contribution < -0.4 is 4.90 Å². The van der Waals surface area contributed by atoms with Gasteiger partial charge in [-0.15, -0.1) is 0 Å². The first-order chi connectivity index (χ1) is 16.5. The first-order valence-corrected chi connectivity index (χ1v) is 11.2. The van der Waals surface area contributed by atoms with Crippen LogP contribution >= 0.6 is 0 Å². The number of amides is 1. The summed E-state index contributed by atoms with van der Waals surface area (Å²) in [7, 11) is 1.52. The van der Waals surface area contributed by atoms with Crippen LogP contribution in [0, 0.1) is 5.82 Å². The van der Waals surface area contributed by atoms with Gasteiger partial charge in [-0.3, -0.25) is 4.79 Å². The van der Waals surface area contributed by atoms with E-state index in [9.17, 15) is 14.0 Å². The SMILES string of the molecule is CCOC(=O)c1cc(-c2ccc(N3CCN(C(=O)COC)CC3)cc2)n(-c2ccc(F)cc2)n1. The summed E-state index contributed by atoms with van der Waals surface area (Å²) in [5.41, 5.74) is 3.40. The molecule has 0 aliphatic carbocycles. The van der Waals surface area contributed by atoms with Gasteiger partial charge in [-0.05, 0) is 49.4 Å². The number of methoxy groups -OCH3 is 1. The number of carbonyl (C=O) groups excluding carboxylic acids is 2. The van der Waals surface area contributed by atoms with Crippen molar-refractivity contribution in [3.05, 3.63) is 66.1 Å². The van der Waals surface area contributed by atoms with Crippen molar-refractivity contribution < 1.29 is 23.5 Å². The number of hydrogen-bond donors (Lipinski definition) is 0. The first-order valence-electron chi connectivity index (χ1n) is 11.2. The molecule has 0 unspecified atom stereocenters. The fourth-order valence-electron chi connectivity index (χ4n) is 3.94. The van der Waals surface area contributed by atoms with Gasteiger partial charge in [0, 0.05) is 44.5 Å². The Morgan fingerprint density at radius 2 is 1.62 bits per heavy atom. The molecule has 8 nitrogen and oxygen atoms in total. The smallest absolute Gasteiger partial charge is 0.358 e. The van der Waals surface area contributed by atoms with E-state index >= 15 is 0 Å². The Kier molecular flexibility index (Phi) is 7.22. The van der Waals surface area contributed by atoms with Crippen LogP contribution in [0.3, 0.4) is 0 Å². The van der Waals surface area contributed by atoms with Gasteiger partial charge in [0.05, 0.1) is 18.0 Å². The van der Waals surface area contributed by atoms with Gasteiger partial charge in [0.1, 0.15) is 12.4 Å². The molecule has 178 valence electrons. The molecule has 1 aliphatic rings. The summed E-state index contributed by atoms with van der Waals surface area (Å²) < 4.78 is 25.1. The van der Waals surface area contributed by atoms with Crippen LogP contribution in [0.15, 0.2) is 54.6 Å². The van der Waals surface area contributed by atoms with Crippen LogP contribution in [0.5, 0.6) is 0 Å². The van der Waals surface area contributed by atoms with Gasteiger partial charge in [0.25, 0.3) is 0 Å². The monoisotopic (exact) mass is 466 g/mol. The second-order valence-corrected chi connectivity index (χ2v) is 7.87. The van der Waals surface area contributed by atoms with E-state index in [1.54, 1.807) is 29.8 Å². The number of rotatable bonds is 7. The van der Waals surface area contributed by atoms with E-state index in [-0.39, 0.29) is 30.6 Å². The Morgan fingerprint density at radius 3 is 2.24 bits per heavy atom. The third-order valence-corrected chi connectivity index (χ3v) is 5.69. The number of piperazine rings is 1. The minimum Gasteiger partial charge on any atom is -0.461 e. The van der Waals surface area contributed by atoms with Crippen LogP contribution in [0.25, 0.3) is 16.9 Å². The van der Waals surface area contributed by atoms with E-state index < -0.39 is 5.97 Å². The molecule has 0 saturated carbocycles. The molecule has 0 atom stereocenters. The normalized spacial score (nSPS) is 13.7. The minimum absolute atomic E-state index is 0.00366. The summed E-state index contributed by atoms with van der Waals surface area (Å²) in [5.74, 6) is -0.859. The van der Waals surface area contributed by atoms with E-state index in [0.29, 0.717) is 24.5 Å². The highest BCUT2D eigenvalue weighted by atomic mass is 19.1. The lowest BCUT2D eigenvalue weighted by atomic mass is 10.1. The van der Waals surface area contributed by atoms with Crippen LogP contribution in [-0.4, -0.2) is 73.1 Å². The molecule has 1 aliphatic heterocycles. The lowest BCUT2D eigenvalue weighted by Crippen LogP contribution is -2.49. The molecule has 4 rings (SSSR count). The highest BCUT2D eigenvalue weighted by Gasteiger charge is 2.22. The van der Waals surface area contributed by atoms with Crippen molar-refractivity contribution in [2.45, 2.75) is 6.92 Å². The average molecular weight is 467 g/mol. The second-order valence-electron chi connectivity index (χ2n) is 7.87. The fourth-order valence-corrected chi connectivity index (χ4v) is 3.94. The van der Waals surface area contributed by atoms with Gasteiger partial charge < -0.3 is 19.3 Å². The molecule has 1 amide bonds. The van der Waals surface area contributed by atoms with Crippen molar-refractivity contribution in [1.29, 1.82) is 0 Å². The highest BCUT2D eigenvalue weighted by Crippen LogP contribution is 2.27. The second kappa shape index (κ2) is 10.5. The molecule has 0 N–H and O–H groups in total. The zero-order valence-electron chi connectivity index (χ0n) is 19.2. The summed E-state index contributed by atoms with van der Waals surface area (Å²) >= 11 is 0. The van der Waals surface area contributed by atoms with Crippen molar-refractivity contribution in [2.24, 2.45) is 0 Å². The van der Waals surface area contributed by atoms with Crippen molar-refractivity contribution in [2.75, 3.05) is 51.4 Å². The number of anilines is 1. The van der Waals surface area contributed by atoms with Gasteiger partial charge >= 0.3 is 5.97 Å². The predicted molar refractivity (Wildman–Crippen MR) is 126 cm³/mol. The zero-order chi connectivity index (χ0) is 24.1. The largest absolute Gasteiger partial charge is 0.461 e. The number of nitrogens with zero attached hydrogens (tertiary/aromatic N) is 4. The van der Waals surface area contributed by atoms with E-state index in [1.165, 1.54) is 19.2 Å². The molecule has 1 fully saturated rings. The molecular weight excluding hydrogens is 439 g/mol. The highest BCUT2D eigenvalue weighted by molar-refractivity contribution is 5.89. The molecule has 2 aromatic carbocycles. The summed E-state index contributed by atoms with van der Waals surface area (Å²) in [6, 6.07) is 15.5. The number of hydrogen-bond acceptors (Lipinski definition) is 6. The number of benzene rings is 2. The standard InChI is InChI=1S/C25H27FN4O4/c1-3-34-25(32)22-16-23(30(27-22)21-10-6-19(26)7-11-21)18-4-8-20(9-5-18)28-12-14-29(15-13-28)24(31)17-33-2/h4-11,16H,3,12-15,17H2,1-2H3.